The maximum Gasteiger partial charge on any atom is 0.317 e. The van der Waals surface area contributed by atoms with E-state index in [4.69, 9.17) is 5.11 Å². The number of likely N-dealkylation sites (tertiary alicyclic amines) is 1. The van der Waals surface area contributed by atoms with Gasteiger partial charge in [0, 0.05) is 24.7 Å². The summed E-state index contributed by atoms with van der Waals surface area (Å²) in [6.45, 7) is 3.86. The lowest BCUT2D eigenvalue weighted by Crippen LogP contribution is -2.62. The summed E-state index contributed by atoms with van der Waals surface area (Å²) in [5, 5.41) is 12.5. The lowest BCUT2D eigenvalue weighted by Gasteiger charge is -2.57. The van der Waals surface area contributed by atoms with Gasteiger partial charge in [-0.1, -0.05) is 0 Å². The Morgan fingerprint density at radius 1 is 1.11 bits per heavy atom. The van der Waals surface area contributed by atoms with Crippen molar-refractivity contribution in [2.45, 2.75) is 75.9 Å². The van der Waals surface area contributed by atoms with Crippen LogP contribution in [0.2, 0.25) is 0 Å². The van der Waals surface area contributed by atoms with Gasteiger partial charge in [-0.05, 0) is 83.1 Å². The fraction of sp³-hybridized carbons (Fsp3) is 0.905. The quantitative estimate of drug-likeness (QED) is 0.699. The lowest BCUT2D eigenvalue weighted by molar-refractivity contribution is -0.138. The van der Waals surface area contributed by atoms with Crippen molar-refractivity contribution < 1.29 is 14.7 Å². The molecule has 5 fully saturated rings. The minimum Gasteiger partial charge on any atom is -0.480 e. The fourth-order valence-electron chi connectivity index (χ4n) is 6.85. The summed E-state index contributed by atoms with van der Waals surface area (Å²) in [7, 11) is 1.89. The van der Waals surface area contributed by atoms with Crippen LogP contribution in [-0.2, 0) is 9.59 Å². The maximum absolute atomic E-state index is 13.0. The summed E-state index contributed by atoms with van der Waals surface area (Å²) in [5.74, 6) is 1.95. The van der Waals surface area contributed by atoms with Crippen LogP contribution in [0.1, 0.15) is 58.3 Å². The van der Waals surface area contributed by atoms with E-state index in [1.807, 2.05) is 18.9 Å². The number of amides is 1. The van der Waals surface area contributed by atoms with Gasteiger partial charge in [0.2, 0.25) is 5.91 Å². The topological polar surface area (TPSA) is 72.9 Å². The predicted molar refractivity (Wildman–Crippen MR) is 111 cm³/mol. The van der Waals surface area contributed by atoms with Crippen LogP contribution in [0.15, 0.2) is 0 Å². The summed E-state index contributed by atoms with van der Waals surface area (Å²) in [4.78, 5) is 28.2. The van der Waals surface area contributed by atoms with Crippen LogP contribution in [0.3, 0.4) is 0 Å². The lowest BCUT2D eigenvalue weighted by atomic mass is 9.53. The van der Waals surface area contributed by atoms with Gasteiger partial charge in [0.25, 0.3) is 0 Å². The largest absolute Gasteiger partial charge is 0.480 e. The molecule has 1 saturated heterocycles. The van der Waals surface area contributed by atoms with Gasteiger partial charge >= 0.3 is 5.97 Å². The van der Waals surface area contributed by atoms with Crippen LogP contribution in [0.4, 0.5) is 0 Å². The Balaban J connectivity index is 0.00000225. The van der Waals surface area contributed by atoms with E-state index in [1.165, 1.54) is 38.5 Å². The van der Waals surface area contributed by atoms with Crippen molar-refractivity contribution >= 4 is 24.3 Å². The molecule has 0 aromatic carbocycles. The summed E-state index contributed by atoms with van der Waals surface area (Å²) in [6.07, 6.45) is 9.61. The number of halogens is 1. The van der Waals surface area contributed by atoms with Gasteiger partial charge in [-0.2, -0.15) is 0 Å². The van der Waals surface area contributed by atoms with E-state index in [9.17, 15) is 9.59 Å². The number of carbonyl (C=O) groups is 2. The molecule has 4 aliphatic carbocycles. The van der Waals surface area contributed by atoms with Crippen molar-refractivity contribution in [2.75, 3.05) is 26.7 Å². The predicted octanol–water partition coefficient (Wildman–Crippen LogP) is 2.36. The molecule has 1 amide bonds. The molecule has 28 heavy (non-hydrogen) atoms. The molecule has 1 heterocycles. The van der Waals surface area contributed by atoms with Crippen LogP contribution in [0, 0.1) is 17.8 Å². The van der Waals surface area contributed by atoms with E-state index in [0.29, 0.717) is 6.04 Å². The first kappa shape index (κ1) is 21.8. The van der Waals surface area contributed by atoms with E-state index in [2.05, 4.69) is 10.2 Å². The summed E-state index contributed by atoms with van der Waals surface area (Å²) in [5.41, 5.74) is 0.0835. The average molecular weight is 414 g/mol. The number of hydrogen-bond acceptors (Lipinski definition) is 4. The number of likely N-dealkylation sites (N-methyl/N-ethyl adjacent to an activating group) is 1. The number of nitrogens with zero attached hydrogens (tertiary/aromatic N) is 2. The molecule has 7 heteroatoms. The number of carboxylic acid groups (broad SMARTS) is 1. The molecule has 2 N–H and O–H groups in total. The molecular formula is C21H36ClN3O3. The van der Waals surface area contributed by atoms with Gasteiger partial charge < -0.3 is 10.4 Å². The van der Waals surface area contributed by atoms with Gasteiger partial charge in [0.15, 0.2) is 0 Å². The van der Waals surface area contributed by atoms with Crippen LogP contribution in [0.25, 0.3) is 0 Å². The van der Waals surface area contributed by atoms with Crippen LogP contribution in [0.5, 0.6) is 0 Å². The third kappa shape index (κ3) is 4.49. The standard InChI is InChI=1S/C21H35N3O3.ClH/c1-14(24-5-3-18(4-6-24)23(2)13-19(25)26)20(27)22-21-10-15-7-16(11-21)9-17(8-15)12-21;/h14-18H,3-13H2,1-2H3,(H,22,27)(H,25,26);1H. The number of carboxylic acids is 1. The Hall–Kier alpha value is -0.850. The number of rotatable bonds is 6. The summed E-state index contributed by atoms with van der Waals surface area (Å²) < 4.78 is 0. The zero-order valence-electron chi connectivity index (χ0n) is 17.2. The molecule has 4 bridgehead atoms. The third-order valence-corrected chi connectivity index (χ3v) is 7.86. The Morgan fingerprint density at radius 3 is 2.07 bits per heavy atom. The number of carbonyl (C=O) groups excluding carboxylic acids is 1. The number of hydrogen-bond donors (Lipinski definition) is 2. The van der Waals surface area contributed by atoms with E-state index in [0.717, 1.165) is 43.7 Å². The second-order valence-corrected chi connectivity index (χ2v) is 9.94. The number of piperidine rings is 1. The SMILES string of the molecule is CC(C(=O)NC12CC3CC(CC(C3)C1)C2)N1CCC(N(C)CC(=O)O)CC1.Cl. The van der Waals surface area contributed by atoms with E-state index < -0.39 is 5.97 Å². The van der Waals surface area contributed by atoms with Crippen LogP contribution >= 0.6 is 12.4 Å². The van der Waals surface area contributed by atoms with Gasteiger partial charge in [-0.15, -0.1) is 12.4 Å². The second-order valence-electron chi connectivity index (χ2n) is 9.94. The molecular weight excluding hydrogens is 378 g/mol. The first-order valence-electron chi connectivity index (χ1n) is 10.8. The molecule has 1 aliphatic heterocycles. The van der Waals surface area contributed by atoms with Gasteiger partial charge in [-0.3, -0.25) is 19.4 Å². The first-order valence-corrected chi connectivity index (χ1v) is 10.8. The van der Waals surface area contributed by atoms with Crippen LogP contribution < -0.4 is 5.32 Å². The Morgan fingerprint density at radius 2 is 1.61 bits per heavy atom. The highest BCUT2D eigenvalue weighted by Gasteiger charge is 2.51. The first-order chi connectivity index (χ1) is 12.8. The third-order valence-electron chi connectivity index (χ3n) is 7.86. The van der Waals surface area contributed by atoms with Crippen molar-refractivity contribution in [3.63, 3.8) is 0 Å². The zero-order valence-corrected chi connectivity index (χ0v) is 18.0. The molecule has 4 saturated carbocycles. The van der Waals surface area contributed by atoms with Gasteiger partial charge in [-0.25, -0.2) is 0 Å². The second kappa shape index (κ2) is 8.49. The maximum atomic E-state index is 13.0. The van der Waals surface area contributed by atoms with E-state index in [1.54, 1.807) is 0 Å². The fourth-order valence-corrected chi connectivity index (χ4v) is 6.85. The molecule has 0 aromatic rings. The van der Waals surface area contributed by atoms with E-state index in [-0.39, 0.29) is 36.4 Å². The normalized spacial score (nSPS) is 36.2. The molecule has 0 spiro atoms. The smallest absolute Gasteiger partial charge is 0.317 e. The Kier molecular flexibility index (Phi) is 6.62. The monoisotopic (exact) mass is 413 g/mol. The van der Waals surface area contributed by atoms with E-state index >= 15 is 0 Å². The Bertz CT molecular complexity index is 556. The molecule has 160 valence electrons. The number of aliphatic carboxylic acids is 1. The minimum atomic E-state index is -0.775. The Labute approximate surface area is 174 Å². The highest BCUT2D eigenvalue weighted by molar-refractivity contribution is 5.85. The summed E-state index contributed by atoms with van der Waals surface area (Å²) in [6, 6.07) is 0.208. The van der Waals surface area contributed by atoms with Crippen molar-refractivity contribution in [2.24, 2.45) is 17.8 Å². The molecule has 0 radical (unpaired) electrons. The van der Waals surface area contributed by atoms with Gasteiger partial charge in [0.05, 0.1) is 12.6 Å². The van der Waals surface area contributed by atoms with Crippen molar-refractivity contribution in [1.29, 1.82) is 0 Å². The summed E-state index contributed by atoms with van der Waals surface area (Å²) >= 11 is 0. The molecule has 0 aromatic heterocycles. The highest BCUT2D eigenvalue weighted by atomic mass is 35.5. The van der Waals surface area contributed by atoms with Crippen molar-refractivity contribution in [3.8, 4) is 0 Å². The molecule has 5 rings (SSSR count). The van der Waals surface area contributed by atoms with Crippen molar-refractivity contribution in [3.05, 3.63) is 0 Å². The van der Waals surface area contributed by atoms with Gasteiger partial charge in [0.1, 0.15) is 0 Å². The zero-order chi connectivity index (χ0) is 19.2. The average Bonchev–Trinajstić information content (AvgIpc) is 2.59. The molecule has 1 atom stereocenters. The highest BCUT2D eigenvalue weighted by Crippen LogP contribution is 2.55. The molecule has 5 aliphatic rings. The van der Waals surface area contributed by atoms with Crippen LogP contribution in [-0.4, -0.2) is 71.1 Å². The van der Waals surface area contributed by atoms with Crippen molar-refractivity contribution in [1.82, 2.24) is 15.1 Å². The number of nitrogens with one attached hydrogen (secondary N) is 1. The minimum absolute atomic E-state index is 0. The molecule has 6 nitrogen and oxygen atoms in total. The molecule has 1 unspecified atom stereocenters.